The average Bonchev–Trinajstić information content (AvgIpc) is 2.35. The lowest BCUT2D eigenvalue weighted by molar-refractivity contribution is 0.474. The molecule has 106 valence electrons. The molecule has 0 aliphatic carbocycles. The van der Waals surface area contributed by atoms with Crippen LogP contribution in [-0.2, 0) is 6.42 Å². The van der Waals surface area contributed by atoms with Crippen molar-refractivity contribution >= 4 is 39.1 Å². The number of halogens is 3. The molecular formula is C15H14BrCl2NO. The Bertz CT molecular complexity index is 617. The van der Waals surface area contributed by atoms with Crippen LogP contribution in [0.25, 0.3) is 0 Å². The van der Waals surface area contributed by atoms with Crippen LogP contribution in [0.5, 0.6) is 11.5 Å². The fourth-order valence-corrected chi connectivity index (χ4v) is 2.69. The van der Waals surface area contributed by atoms with Crippen LogP contribution >= 0.6 is 39.1 Å². The molecule has 0 aliphatic rings. The normalized spacial score (nSPS) is 12.2. The molecule has 5 heteroatoms. The summed E-state index contributed by atoms with van der Waals surface area (Å²) in [6.07, 6.45) is 0.709. The first-order chi connectivity index (χ1) is 9.45. The van der Waals surface area contributed by atoms with Crippen LogP contribution in [0.15, 0.2) is 40.9 Å². The molecule has 2 aromatic rings. The lowest BCUT2D eigenvalue weighted by Crippen LogP contribution is -2.18. The summed E-state index contributed by atoms with van der Waals surface area (Å²) in [5, 5.41) is 1.15. The Balaban J connectivity index is 2.34. The van der Waals surface area contributed by atoms with Crippen LogP contribution in [0.2, 0.25) is 10.0 Å². The highest BCUT2D eigenvalue weighted by Crippen LogP contribution is 2.34. The van der Waals surface area contributed by atoms with E-state index in [1.54, 1.807) is 12.1 Å². The first kappa shape index (κ1) is 15.6. The smallest absolute Gasteiger partial charge is 0.146 e. The fourth-order valence-electron chi connectivity index (χ4n) is 1.82. The largest absolute Gasteiger partial charge is 0.455 e. The van der Waals surface area contributed by atoms with Crippen LogP contribution in [0.3, 0.4) is 0 Å². The molecule has 0 aromatic heterocycles. The van der Waals surface area contributed by atoms with Crippen molar-refractivity contribution in [2.24, 2.45) is 5.73 Å². The Morgan fingerprint density at radius 2 is 1.90 bits per heavy atom. The van der Waals surface area contributed by atoms with Gasteiger partial charge >= 0.3 is 0 Å². The zero-order valence-electron chi connectivity index (χ0n) is 10.9. The second kappa shape index (κ2) is 6.81. The van der Waals surface area contributed by atoms with Crippen LogP contribution in [-0.4, -0.2) is 6.04 Å². The Labute approximate surface area is 137 Å². The van der Waals surface area contributed by atoms with Gasteiger partial charge in [-0.1, -0.05) is 45.2 Å². The second-order valence-electron chi connectivity index (χ2n) is 4.61. The third kappa shape index (κ3) is 4.13. The molecule has 1 atom stereocenters. The molecule has 0 bridgehead atoms. The highest BCUT2D eigenvalue weighted by molar-refractivity contribution is 9.10. The van der Waals surface area contributed by atoms with Crippen molar-refractivity contribution in [3.05, 3.63) is 56.5 Å². The van der Waals surface area contributed by atoms with E-state index in [1.165, 1.54) is 0 Å². The lowest BCUT2D eigenvalue weighted by atomic mass is 10.1. The standard InChI is InChI=1S/C15H14BrCl2NO/c1-9(19)6-10-2-4-12(17)8-15(10)20-14-5-3-11(16)7-13(14)18/h2-5,7-9H,6,19H2,1H3. The van der Waals surface area contributed by atoms with Crippen molar-refractivity contribution in [1.82, 2.24) is 0 Å². The molecule has 0 spiro atoms. The molecule has 1 unspecified atom stereocenters. The van der Waals surface area contributed by atoms with Gasteiger partial charge < -0.3 is 10.5 Å². The number of hydrogen-bond acceptors (Lipinski definition) is 2. The summed E-state index contributed by atoms with van der Waals surface area (Å²) in [4.78, 5) is 0. The van der Waals surface area contributed by atoms with E-state index in [0.717, 1.165) is 10.0 Å². The van der Waals surface area contributed by atoms with E-state index in [9.17, 15) is 0 Å². The minimum Gasteiger partial charge on any atom is -0.455 e. The number of hydrogen-bond donors (Lipinski definition) is 1. The van der Waals surface area contributed by atoms with Gasteiger partial charge in [-0.05, 0) is 49.2 Å². The zero-order chi connectivity index (χ0) is 14.7. The zero-order valence-corrected chi connectivity index (χ0v) is 14.0. The molecule has 20 heavy (non-hydrogen) atoms. The Hall–Kier alpha value is -0.740. The Morgan fingerprint density at radius 1 is 1.15 bits per heavy atom. The SMILES string of the molecule is CC(N)Cc1ccc(Cl)cc1Oc1ccc(Br)cc1Cl. The van der Waals surface area contributed by atoms with Gasteiger partial charge in [-0.15, -0.1) is 0 Å². The van der Waals surface area contributed by atoms with Crippen molar-refractivity contribution < 1.29 is 4.74 Å². The lowest BCUT2D eigenvalue weighted by Gasteiger charge is -2.14. The van der Waals surface area contributed by atoms with E-state index < -0.39 is 0 Å². The highest BCUT2D eigenvalue weighted by atomic mass is 79.9. The summed E-state index contributed by atoms with van der Waals surface area (Å²) in [5.74, 6) is 1.27. The van der Waals surface area contributed by atoms with Crippen molar-refractivity contribution in [2.75, 3.05) is 0 Å². The number of rotatable bonds is 4. The topological polar surface area (TPSA) is 35.2 Å². The highest BCUT2D eigenvalue weighted by Gasteiger charge is 2.10. The summed E-state index contributed by atoms with van der Waals surface area (Å²) >= 11 is 15.6. The molecule has 0 saturated heterocycles. The maximum Gasteiger partial charge on any atom is 0.146 e. The summed E-state index contributed by atoms with van der Waals surface area (Å²) in [6, 6.07) is 11.0. The minimum absolute atomic E-state index is 0.0407. The quantitative estimate of drug-likeness (QED) is 0.773. The number of benzene rings is 2. The molecule has 0 radical (unpaired) electrons. The van der Waals surface area contributed by atoms with Gasteiger partial charge in [0, 0.05) is 15.5 Å². The predicted octanol–water partition coefficient (Wildman–Crippen LogP) is 5.44. The molecule has 2 rings (SSSR count). The number of ether oxygens (including phenoxy) is 1. The summed E-state index contributed by atoms with van der Waals surface area (Å²) in [5.41, 5.74) is 6.86. The van der Waals surface area contributed by atoms with Gasteiger partial charge in [0.1, 0.15) is 11.5 Å². The van der Waals surface area contributed by atoms with Crippen molar-refractivity contribution in [1.29, 1.82) is 0 Å². The molecular weight excluding hydrogens is 361 g/mol. The van der Waals surface area contributed by atoms with Gasteiger partial charge in [0.25, 0.3) is 0 Å². The van der Waals surface area contributed by atoms with Crippen molar-refractivity contribution in [3.8, 4) is 11.5 Å². The van der Waals surface area contributed by atoms with Crippen molar-refractivity contribution in [3.63, 3.8) is 0 Å². The molecule has 2 nitrogen and oxygen atoms in total. The average molecular weight is 375 g/mol. The Morgan fingerprint density at radius 3 is 2.55 bits per heavy atom. The maximum atomic E-state index is 6.16. The fraction of sp³-hybridized carbons (Fsp3) is 0.200. The third-order valence-corrected chi connectivity index (χ3v) is 3.71. The second-order valence-corrected chi connectivity index (χ2v) is 6.37. The van der Waals surface area contributed by atoms with E-state index in [2.05, 4.69) is 15.9 Å². The summed E-state index contributed by atoms with van der Waals surface area (Å²) < 4.78 is 6.78. The first-order valence-electron chi connectivity index (χ1n) is 6.12. The monoisotopic (exact) mass is 373 g/mol. The van der Waals surface area contributed by atoms with Gasteiger partial charge in [0.2, 0.25) is 0 Å². The van der Waals surface area contributed by atoms with Crippen LogP contribution in [0, 0.1) is 0 Å². The number of nitrogens with two attached hydrogens (primary N) is 1. The van der Waals surface area contributed by atoms with Gasteiger partial charge in [-0.25, -0.2) is 0 Å². The molecule has 0 saturated carbocycles. The van der Waals surface area contributed by atoms with Gasteiger partial charge in [0.15, 0.2) is 0 Å². The van der Waals surface area contributed by atoms with E-state index in [-0.39, 0.29) is 6.04 Å². The molecule has 2 N–H and O–H groups in total. The van der Waals surface area contributed by atoms with E-state index >= 15 is 0 Å². The van der Waals surface area contributed by atoms with E-state index in [1.807, 2.05) is 31.2 Å². The Kier molecular flexibility index (Phi) is 5.33. The third-order valence-electron chi connectivity index (χ3n) is 2.68. The molecule has 0 fully saturated rings. The van der Waals surface area contributed by atoms with Crippen LogP contribution < -0.4 is 10.5 Å². The van der Waals surface area contributed by atoms with Crippen molar-refractivity contribution in [2.45, 2.75) is 19.4 Å². The molecule has 0 amide bonds. The van der Waals surface area contributed by atoms with Gasteiger partial charge in [-0.2, -0.15) is 0 Å². The molecule has 2 aromatic carbocycles. The van der Waals surface area contributed by atoms with E-state index in [4.69, 9.17) is 33.7 Å². The van der Waals surface area contributed by atoms with Crippen LogP contribution in [0.1, 0.15) is 12.5 Å². The minimum atomic E-state index is 0.0407. The molecule has 0 aliphatic heterocycles. The van der Waals surface area contributed by atoms with Crippen LogP contribution in [0.4, 0.5) is 0 Å². The first-order valence-corrected chi connectivity index (χ1v) is 7.67. The van der Waals surface area contributed by atoms with E-state index in [0.29, 0.717) is 28.0 Å². The summed E-state index contributed by atoms with van der Waals surface area (Å²) in [7, 11) is 0. The molecule has 0 heterocycles. The van der Waals surface area contributed by atoms with Gasteiger partial charge in [-0.3, -0.25) is 0 Å². The summed E-state index contributed by atoms with van der Waals surface area (Å²) in [6.45, 7) is 1.95. The maximum absolute atomic E-state index is 6.16. The van der Waals surface area contributed by atoms with Gasteiger partial charge in [0.05, 0.1) is 5.02 Å². The predicted molar refractivity (Wildman–Crippen MR) is 88.0 cm³/mol.